The number of carbonyl (C=O) groups excluding carboxylic acids is 1. The number of nitrogens with one attached hydrogen (secondary N) is 1. The number of carbonyl (C=O) groups is 1. The third-order valence-corrected chi connectivity index (χ3v) is 7.81. The van der Waals surface area contributed by atoms with Crippen LogP contribution in [0.25, 0.3) is 5.65 Å². The van der Waals surface area contributed by atoms with Gasteiger partial charge in [-0.2, -0.15) is 10.4 Å². The molecule has 2 aromatic heterocycles. The Morgan fingerprint density at radius 3 is 2.97 bits per heavy atom. The van der Waals surface area contributed by atoms with Gasteiger partial charge in [-0.25, -0.2) is 9.50 Å². The summed E-state index contributed by atoms with van der Waals surface area (Å²) in [5.41, 5.74) is 5.49. The molecule has 6 rings (SSSR count). The van der Waals surface area contributed by atoms with Gasteiger partial charge in [0, 0.05) is 55.3 Å². The number of aliphatic hydroxyl groups excluding tert-OH is 1. The van der Waals surface area contributed by atoms with E-state index in [2.05, 4.69) is 17.5 Å². The van der Waals surface area contributed by atoms with E-state index in [-0.39, 0.29) is 11.9 Å². The van der Waals surface area contributed by atoms with Gasteiger partial charge in [0.15, 0.2) is 5.65 Å². The first-order chi connectivity index (χ1) is 17.5. The van der Waals surface area contributed by atoms with Crippen LogP contribution in [-0.4, -0.2) is 62.8 Å². The summed E-state index contributed by atoms with van der Waals surface area (Å²) in [4.78, 5) is 22.7. The molecule has 0 saturated carbocycles. The number of fused-ring (bicyclic) bond motifs is 2. The van der Waals surface area contributed by atoms with Crippen molar-refractivity contribution < 1.29 is 9.90 Å². The number of aryl methyl sites for hydroxylation is 1. The Labute approximate surface area is 210 Å². The smallest absolute Gasteiger partial charge is 0.254 e. The Morgan fingerprint density at radius 1 is 1.25 bits per heavy atom. The molecule has 3 aliphatic rings. The van der Waals surface area contributed by atoms with Crippen molar-refractivity contribution in [2.45, 2.75) is 51.2 Å². The van der Waals surface area contributed by atoms with Crippen LogP contribution in [0.1, 0.15) is 58.9 Å². The largest absolute Gasteiger partial charge is 0.390 e. The molecule has 3 atom stereocenters. The number of aromatic nitrogens is 3. The molecule has 3 aromatic rings. The van der Waals surface area contributed by atoms with Crippen molar-refractivity contribution in [2.75, 3.05) is 36.4 Å². The third kappa shape index (κ3) is 3.86. The monoisotopic (exact) mass is 485 g/mol. The van der Waals surface area contributed by atoms with Crippen LogP contribution in [-0.2, 0) is 6.42 Å². The minimum absolute atomic E-state index is 0.0794. The quantitative estimate of drug-likeness (QED) is 0.587. The molecule has 1 amide bonds. The molecule has 36 heavy (non-hydrogen) atoms. The van der Waals surface area contributed by atoms with Gasteiger partial charge in [0.1, 0.15) is 5.82 Å². The van der Waals surface area contributed by atoms with Crippen molar-refractivity contribution >= 4 is 23.1 Å². The molecule has 1 aromatic carbocycles. The third-order valence-electron chi connectivity index (χ3n) is 7.81. The van der Waals surface area contributed by atoms with E-state index in [1.54, 1.807) is 4.52 Å². The molecule has 3 aliphatic heterocycles. The van der Waals surface area contributed by atoms with E-state index in [0.717, 1.165) is 72.5 Å². The molecule has 0 bridgehead atoms. The highest BCUT2D eigenvalue weighted by Crippen LogP contribution is 2.35. The summed E-state index contributed by atoms with van der Waals surface area (Å²) < 4.78 is 1.79. The Balaban J connectivity index is 1.32. The molecular formula is C27H31N7O2. The van der Waals surface area contributed by atoms with Crippen molar-refractivity contribution in [3.63, 3.8) is 0 Å². The molecule has 2 fully saturated rings. The number of likely N-dealkylation sites (tertiary alicyclic amines) is 1. The van der Waals surface area contributed by atoms with Crippen LogP contribution in [0.5, 0.6) is 0 Å². The molecule has 9 nitrogen and oxygen atoms in total. The number of nitriles is 1. The number of hydrogen-bond acceptors (Lipinski definition) is 7. The van der Waals surface area contributed by atoms with Crippen molar-refractivity contribution in [3.05, 3.63) is 52.8 Å². The number of nitrogens with zero attached hydrogens (tertiary/aromatic N) is 6. The van der Waals surface area contributed by atoms with E-state index in [4.69, 9.17) is 10.1 Å². The zero-order valence-electron chi connectivity index (χ0n) is 20.5. The lowest BCUT2D eigenvalue weighted by Gasteiger charge is -2.35. The average molecular weight is 486 g/mol. The first-order valence-corrected chi connectivity index (χ1v) is 12.9. The van der Waals surface area contributed by atoms with Crippen LogP contribution in [0.2, 0.25) is 0 Å². The zero-order chi connectivity index (χ0) is 24.8. The molecule has 2 N–H and O–H groups in total. The predicted octanol–water partition coefficient (Wildman–Crippen LogP) is 3.08. The number of aliphatic hydroxyl groups is 1. The molecule has 2 saturated heterocycles. The van der Waals surface area contributed by atoms with Crippen molar-refractivity contribution in [3.8, 4) is 6.07 Å². The van der Waals surface area contributed by atoms with E-state index in [1.807, 2.05) is 41.1 Å². The van der Waals surface area contributed by atoms with Gasteiger partial charge in [-0.3, -0.25) is 4.79 Å². The fourth-order valence-corrected chi connectivity index (χ4v) is 5.94. The van der Waals surface area contributed by atoms with Crippen molar-refractivity contribution in [2.24, 2.45) is 5.92 Å². The highest BCUT2D eigenvalue weighted by atomic mass is 16.3. The lowest BCUT2D eigenvalue weighted by atomic mass is 9.94. The summed E-state index contributed by atoms with van der Waals surface area (Å²) in [7, 11) is 0. The fourth-order valence-electron chi connectivity index (χ4n) is 5.94. The van der Waals surface area contributed by atoms with Crippen LogP contribution in [0.3, 0.4) is 0 Å². The Hall–Kier alpha value is -3.64. The summed E-state index contributed by atoms with van der Waals surface area (Å²) in [5.74, 6) is 0.435. The number of β-amino-alcohol motifs (C(OH)–C–C–N with tert-alkyl or cyclic N) is 1. The molecule has 186 valence electrons. The van der Waals surface area contributed by atoms with Crippen LogP contribution in [0, 0.1) is 24.2 Å². The normalized spacial score (nSPS) is 23.9. The van der Waals surface area contributed by atoms with Gasteiger partial charge < -0.3 is 20.2 Å². The Morgan fingerprint density at radius 2 is 2.14 bits per heavy atom. The highest BCUT2D eigenvalue weighted by Gasteiger charge is 2.34. The average Bonchev–Trinajstić information content (AvgIpc) is 3.49. The number of hydrogen-bond donors (Lipinski definition) is 2. The van der Waals surface area contributed by atoms with E-state index in [0.29, 0.717) is 25.3 Å². The van der Waals surface area contributed by atoms with E-state index in [9.17, 15) is 15.2 Å². The minimum Gasteiger partial charge on any atom is -0.390 e. The lowest BCUT2D eigenvalue weighted by Crippen LogP contribution is -2.39. The SMILES string of the molecule is Cc1cn2nc([C@@H]3CCCCN3C(=O)c3cccc4c3CCCN4)cc2nc1N1C[C@@H](C#N)[C@@H](O)C1. The van der Waals surface area contributed by atoms with Gasteiger partial charge in [0.25, 0.3) is 5.91 Å². The molecular weight excluding hydrogens is 454 g/mol. The predicted molar refractivity (Wildman–Crippen MR) is 136 cm³/mol. The summed E-state index contributed by atoms with van der Waals surface area (Å²) in [6.07, 6.45) is 6.13. The van der Waals surface area contributed by atoms with Gasteiger partial charge in [0.05, 0.1) is 29.8 Å². The highest BCUT2D eigenvalue weighted by molar-refractivity contribution is 5.97. The minimum atomic E-state index is -0.673. The number of amides is 1. The maximum atomic E-state index is 13.8. The van der Waals surface area contributed by atoms with Gasteiger partial charge >= 0.3 is 0 Å². The van der Waals surface area contributed by atoms with Crippen LogP contribution in [0.15, 0.2) is 30.5 Å². The van der Waals surface area contributed by atoms with Crippen molar-refractivity contribution in [1.82, 2.24) is 19.5 Å². The number of benzene rings is 1. The second kappa shape index (κ2) is 9.10. The van der Waals surface area contributed by atoms with E-state index in [1.165, 1.54) is 0 Å². The zero-order valence-corrected chi connectivity index (χ0v) is 20.5. The van der Waals surface area contributed by atoms with Gasteiger partial charge in [-0.05, 0) is 56.7 Å². The number of anilines is 2. The standard InChI is InChI=1S/C27H31N7O2/c1-17-14-34-25(30-26(17)32-15-18(13-28)24(35)16-32)12-22(31-34)23-9-2-3-11-33(23)27(36)20-6-4-8-21-19(20)7-5-10-29-21/h4,6,8,12,14,18,23-24,29,35H,2-3,5,7,9-11,15-16H2,1H3/t18-,23+,24+/m1/s1. The maximum Gasteiger partial charge on any atom is 0.254 e. The maximum absolute atomic E-state index is 13.8. The summed E-state index contributed by atoms with van der Waals surface area (Å²) in [5, 5.41) is 27.8. The molecule has 9 heteroatoms. The number of piperidine rings is 1. The summed E-state index contributed by atoms with van der Waals surface area (Å²) >= 11 is 0. The summed E-state index contributed by atoms with van der Waals surface area (Å²) in [6.45, 7) is 4.49. The number of rotatable bonds is 3. The lowest BCUT2D eigenvalue weighted by molar-refractivity contribution is 0.0604. The van der Waals surface area contributed by atoms with Crippen LogP contribution in [0.4, 0.5) is 11.5 Å². The Bertz CT molecular complexity index is 1360. The fraction of sp³-hybridized carbons (Fsp3) is 0.481. The molecule has 0 aliphatic carbocycles. The first-order valence-electron chi connectivity index (χ1n) is 12.9. The Kier molecular flexibility index (Phi) is 5.76. The topological polar surface area (TPSA) is 110 Å². The summed E-state index contributed by atoms with van der Waals surface area (Å²) in [6, 6.07) is 10.1. The molecule has 0 radical (unpaired) electrons. The molecule has 5 heterocycles. The van der Waals surface area contributed by atoms with Crippen LogP contribution >= 0.6 is 0 Å². The van der Waals surface area contributed by atoms with Gasteiger partial charge in [-0.15, -0.1) is 0 Å². The van der Waals surface area contributed by atoms with Gasteiger partial charge in [-0.1, -0.05) is 6.07 Å². The van der Waals surface area contributed by atoms with Gasteiger partial charge in [0.2, 0.25) is 0 Å². The molecule has 0 spiro atoms. The van der Waals surface area contributed by atoms with Crippen LogP contribution < -0.4 is 10.2 Å². The molecule has 0 unspecified atom stereocenters. The van der Waals surface area contributed by atoms with Crippen molar-refractivity contribution in [1.29, 1.82) is 5.26 Å². The first kappa shape index (κ1) is 22.8. The second-order valence-electron chi connectivity index (χ2n) is 10.2. The van der Waals surface area contributed by atoms with E-state index < -0.39 is 12.0 Å². The van der Waals surface area contributed by atoms with E-state index >= 15 is 0 Å². The second-order valence-corrected chi connectivity index (χ2v) is 10.2.